The number of aryl methyl sites for hydroxylation is 1. The van der Waals surface area contributed by atoms with Crippen LogP contribution in [-0.2, 0) is 0 Å². The summed E-state index contributed by atoms with van der Waals surface area (Å²) in [6, 6.07) is 13.4. The number of rotatable bonds is 3. The summed E-state index contributed by atoms with van der Waals surface area (Å²) < 4.78 is 12.0. The lowest BCUT2D eigenvalue weighted by molar-refractivity contribution is 0.399. The monoisotopic (exact) mass is 382 g/mol. The van der Waals surface area contributed by atoms with Gasteiger partial charge in [0, 0.05) is 16.2 Å². The van der Waals surface area contributed by atoms with Crippen LogP contribution in [0.5, 0.6) is 0 Å². The Hall–Kier alpha value is -2.80. The van der Waals surface area contributed by atoms with Gasteiger partial charge in [-0.15, -0.1) is 10.2 Å². The lowest BCUT2D eigenvalue weighted by Gasteiger charge is -1.98. The van der Waals surface area contributed by atoms with Crippen molar-refractivity contribution < 1.29 is 8.94 Å². The van der Waals surface area contributed by atoms with Crippen molar-refractivity contribution in [3.63, 3.8) is 0 Å². The van der Waals surface area contributed by atoms with Crippen LogP contribution in [0, 0.1) is 6.92 Å². The summed E-state index contributed by atoms with van der Waals surface area (Å²) in [6.45, 7) is 1.82. The predicted octanol–water partition coefficient (Wildman–Crippen LogP) is 4.52. The second kappa shape index (κ2) is 6.01. The summed E-state index contributed by atoms with van der Waals surface area (Å²) in [5.41, 5.74) is 2.89. The second-order valence-electron chi connectivity index (χ2n) is 5.10. The molecule has 0 aliphatic carbocycles. The van der Waals surface area contributed by atoms with E-state index in [0.717, 1.165) is 10.0 Å². The van der Waals surface area contributed by atoms with Gasteiger partial charge in [0.15, 0.2) is 0 Å². The third kappa shape index (κ3) is 2.63. The molecular formula is C17H11BrN4O2. The molecule has 0 bridgehead atoms. The van der Waals surface area contributed by atoms with Crippen LogP contribution in [0.15, 0.2) is 62.1 Å². The fourth-order valence-electron chi connectivity index (χ4n) is 2.35. The number of benzene rings is 1. The maximum atomic E-state index is 5.80. The summed E-state index contributed by atoms with van der Waals surface area (Å²) in [5.74, 6) is 1.32. The highest BCUT2D eigenvalue weighted by Gasteiger charge is 2.22. The van der Waals surface area contributed by atoms with E-state index >= 15 is 0 Å². The Labute approximate surface area is 145 Å². The van der Waals surface area contributed by atoms with Gasteiger partial charge in [0.25, 0.3) is 11.8 Å². The van der Waals surface area contributed by atoms with Gasteiger partial charge in [-0.1, -0.05) is 35.5 Å². The van der Waals surface area contributed by atoms with Crippen molar-refractivity contribution in [2.75, 3.05) is 0 Å². The van der Waals surface area contributed by atoms with Gasteiger partial charge in [0.1, 0.15) is 22.7 Å². The quantitative estimate of drug-likeness (QED) is 0.518. The van der Waals surface area contributed by atoms with Gasteiger partial charge in [0.2, 0.25) is 0 Å². The molecule has 0 saturated heterocycles. The number of hydrogen-bond donors (Lipinski definition) is 0. The van der Waals surface area contributed by atoms with Crippen LogP contribution in [0.1, 0.15) is 5.76 Å². The van der Waals surface area contributed by atoms with Crippen molar-refractivity contribution in [3.8, 4) is 34.3 Å². The van der Waals surface area contributed by atoms with Crippen LogP contribution in [0.25, 0.3) is 34.3 Å². The van der Waals surface area contributed by atoms with Crippen molar-refractivity contribution in [1.29, 1.82) is 0 Å². The molecule has 0 aliphatic rings. The first-order valence-electron chi connectivity index (χ1n) is 7.20. The van der Waals surface area contributed by atoms with Crippen LogP contribution in [0.4, 0.5) is 0 Å². The topological polar surface area (TPSA) is 77.8 Å². The van der Waals surface area contributed by atoms with E-state index in [9.17, 15) is 0 Å². The van der Waals surface area contributed by atoms with Gasteiger partial charge in [-0.2, -0.15) is 0 Å². The molecule has 0 unspecified atom stereocenters. The summed E-state index contributed by atoms with van der Waals surface area (Å²) in [7, 11) is 0. The Morgan fingerprint density at radius 3 is 2.50 bits per heavy atom. The molecule has 4 rings (SSSR count). The molecule has 3 heterocycles. The third-order valence-electron chi connectivity index (χ3n) is 3.50. The van der Waals surface area contributed by atoms with E-state index in [1.807, 2.05) is 43.3 Å². The molecule has 0 atom stereocenters. The van der Waals surface area contributed by atoms with Crippen LogP contribution < -0.4 is 0 Å². The predicted molar refractivity (Wildman–Crippen MR) is 90.9 cm³/mol. The van der Waals surface area contributed by atoms with Crippen molar-refractivity contribution in [2.24, 2.45) is 0 Å². The molecule has 1 aromatic carbocycles. The third-order valence-corrected chi connectivity index (χ3v) is 3.96. The van der Waals surface area contributed by atoms with E-state index in [2.05, 4.69) is 36.3 Å². The van der Waals surface area contributed by atoms with Gasteiger partial charge in [-0.05, 0) is 35.0 Å². The van der Waals surface area contributed by atoms with Gasteiger partial charge in [-0.3, -0.25) is 0 Å². The van der Waals surface area contributed by atoms with Crippen molar-refractivity contribution in [3.05, 3.63) is 58.9 Å². The molecular weight excluding hydrogens is 372 g/mol. The number of hydrogen-bond acceptors (Lipinski definition) is 6. The van der Waals surface area contributed by atoms with E-state index < -0.39 is 0 Å². The minimum atomic E-state index is 0.345. The highest BCUT2D eigenvalue weighted by atomic mass is 79.9. The zero-order valence-corrected chi connectivity index (χ0v) is 14.2. The zero-order valence-electron chi connectivity index (χ0n) is 12.6. The van der Waals surface area contributed by atoms with Gasteiger partial charge in [0.05, 0.1) is 0 Å². The maximum absolute atomic E-state index is 5.80. The standard InChI is InChI=1S/C17H11BrN4O2/c1-10-14(15(22-24-10)11-5-3-2-4-6-11)17-21-20-16(23-17)13-8-7-12(18)9-19-13/h2-9H,1H3. The molecule has 0 amide bonds. The SMILES string of the molecule is Cc1onc(-c2ccccc2)c1-c1nnc(-c2ccc(Br)cn2)o1. The van der Waals surface area contributed by atoms with Crippen LogP contribution in [0.3, 0.4) is 0 Å². The summed E-state index contributed by atoms with van der Waals surface area (Å²) in [4.78, 5) is 4.26. The van der Waals surface area contributed by atoms with Gasteiger partial charge >= 0.3 is 0 Å². The Kier molecular flexibility index (Phi) is 3.70. The molecule has 6 nitrogen and oxygen atoms in total. The maximum Gasteiger partial charge on any atom is 0.266 e. The Bertz CT molecular complexity index is 978. The molecule has 7 heteroatoms. The number of halogens is 1. The number of aromatic nitrogens is 4. The average molecular weight is 383 g/mol. The Morgan fingerprint density at radius 2 is 1.75 bits per heavy atom. The highest BCUT2D eigenvalue weighted by molar-refractivity contribution is 9.10. The minimum absolute atomic E-state index is 0.345. The summed E-state index contributed by atoms with van der Waals surface area (Å²) in [6.07, 6.45) is 1.68. The van der Waals surface area contributed by atoms with Gasteiger partial charge < -0.3 is 8.94 Å². The molecule has 118 valence electrons. The first-order chi connectivity index (χ1) is 11.7. The molecule has 3 aromatic heterocycles. The minimum Gasteiger partial charge on any atom is -0.414 e. The van der Waals surface area contributed by atoms with Crippen LogP contribution >= 0.6 is 15.9 Å². The normalized spacial score (nSPS) is 10.9. The molecule has 0 spiro atoms. The van der Waals surface area contributed by atoms with Crippen molar-refractivity contribution >= 4 is 15.9 Å². The van der Waals surface area contributed by atoms with E-state index in [4.69, 9.17) is 8.94 Å². The number of nitrogens with zero attached hydrogens (tertiary/aromatic N) is 4. The van der Waals surface area contributed by atoms with Crippen molar-refractivity contribution in [1.82, 2.24) is 20.3 Å². The van der Waals surface area contributed by atoms with Crippen LogP contribution in [-0.4, -0.2) is 20.3 Å². The van der Waals surface area contributed by atoms with E-state index in [1.165, 1.54) is 0 Å². The van der Waals surface area contributed by atoms with E-state index in [0.29, 0.717) is 34.5 Å². The first-order valence-corrected chi connectivity index (χ1v) is 7.99. The molecule has 0 saturated carbocycles. The zero-order chi connectivity index (χ0) is 16.5. The molecule has 0 N–H and O–H groups in total. The smallest absolute Gasteiger partial charge is 0.266 e. The van der Waals surface area contributed by atoms with Crippen molar-refractivity contribution in [2.45, 2.75) is 6.92 Å². The second-order valence-corrected chi connectivity index (χ2v) is 6.02. The average Bonchev–Trinajstić information content (AvgIpc) is 3.23. The van der Waals surface area contributed by atoms with Crippen LogP contribution in [0.2, 0.25) is 0 Å². The lowest BCUT2D eigenvalue weighted by Crippen LogP contribution is -1.84. The Balaban J connectivity index is 1.78. The molecule has 0 fully saturated rings. The molecule has 4 aromatic rings. The first kappa shape index (κ1) is 14.8. The lowest BCUT2D eigenvalue weighted by atomic mass is 10.1. The van der Waals surface area contributed by atoms with E-state index in [1.54, 1.807) is 12.3 Å². The van der Waals surface area contributed by atoms with E-state index in [-0.39, 0.29) is 0 Å². The molecule has 0 aliphatic heterocycles. The summed E-state index contributed by atoms with van der Waals surface area (Å²) >= 11 is 3.35. The fourth-order valence-corrected chi connectivity index (χ4v) is 2.58. The molecule has 0 radical (unpaired) electrons. The Morgan fingerprint density at radius 1 is 0.958 bits per heavy atom. The molecule has 24 heavy (non-hydrogen) atoms. The number of pyridine rings is 1. The largest absolute Gasteiger partial charge is 0.414 e. The highest BCUT2D eigenvalue weighted by Crippen LogP contribution is 2.34. The fraction of sp³-hybridized carbons (Fsp3) is 0.0588. The van der Waals surface area contributed by atoms with Gasteiger partial charge in [-0.25, -0.2) is 4.98 Å². The summed E-state index contributed by atoms with van der Waals surface area (Å²) in [5, 5.41) is 12.4.